The van der Waals surface area contributed by atoms with Crippen LogP contribution in [0.3, 0.4) is 0 Å². The fourth-order valence-electron chi connectivity index (χ4n) is 1.51. The van der Waals surface area contributed by atoms with Crippen LogP contribution in [0.1, 0.15) is 18.7 Å². The van der Waals surface area contributed by atoms with Crippen molar-refractivity contribution < 1.29 is 0 Å². The van der Waals surface area contributed by atoms with Gasteiger partial charge in [0.25, 0.3) is 0 Å². The molecule has 0 bridgehead atoms. The number of nitrogens with one attached hydrogen (secondary N) is 2. The molecular weight excluding hydrogens is 222 g/mol. The average Bonchev–Trinajstić information content (AvgIpc) is 2.77. The number of halogens is 1. The van der Waals surface area contributed by atoms with Crippen molar-refractivity contribution in [2.24, 2.45) is 0 Å². The van der Waals surface area contributed by atoms with Crippen molar-refractivity contribution in [1.82, 2.24) is 15.5 Å². The quantitative estimate of drug-likeness (QED) is 0.859. The molecule has 3 nitrogen and oxygen atoms in total. The van der Waals surface area contributed by atoms with E-state index in [4.69, 9.17) is 11.6 Å². The summed E-state index contributed by atoms with van der Waals surface area (Å²) in [6.45, 7) is 2.08. The predicted octanol–water partition coefficient (Wildman–Crippen LogP) is 3.01. The molecule has 2 aromatic rings. The lowest BCUT2D eigenvalue weighted by molar-refractivity contribution is 0.630. The van der Waals surface area contributed by atoms with Gasteiger partial charge in [-0.2, -0.15) is 5.10 Å². The van der Waals surface area contributed by atoms with Crippen molar-refractivity contribution in [3.05, 3.63) is 41.0 Å². The molecule has 0 saturated heterocycles. The SMILES string of the molecule is CNC(C)c1cc(-c2cccc(Cl)c2)n[nH]1. The maximum Gasteiger partial charge on any atom is 0.0924 e. The van der Waals surface area contributed by atoms with Crippen LogP contribution in [0.4, 0.5) is 0 Å². The number of hydrogen-bond donors (Lipinski definition) is 2. The summed E-state index contributed by atoms with van der Waals surface area (Å²) < 4.78 is 0. The second kappa shape index (κ2) is 4.68. The second-order valence-electron chi connectivity index (χ2n) is 3.73. The second-order valence-corrected chi connectivity index (χ2v) is 4.17. The van der Waals surface area contributed by atoms with Gasteiger partial charge in [0.15, 0.2) is 0 Å². The van der Waals surface area contributed by atoms with Crippen molar-refractivity contribution >= 4 is 11.6 Å². The largest absolute Gasteiger partial charge is 0.312 e. The van der Waals surface area contributed by atoms with Crippen LogP contribution in [-0.4, -0.2) is 17.2 Å². The third-order valence-electron chi connectivity index (χ3n) is 2.62. The molecule has 0 aliphatic heterocycles. The van der Waals surface area contributed by atoms with Crippen molar-refractivity contribution in [3.8, 4) is 11.3 Å². The molecule has 1 aromatic heterocycles. The number of aromatic nitrogens is 2. The number of hydrogen-bond acceptors (Lipinski definition) is 2. The molecule has 2 N–H and O–H groups in total. The van der Waals surface area contributed by atoms with Crippen LogP contribution in [0.5, 0.6) is 0 Å². The number of aromatic amines is 1. The van der Waals surface area contributed by atoms with E-state index >= 15 is 0 Å². The van der Waals surface area contributed by atoms with Crippen molar-refractivity contribution in [2.45, 2.75) is 13.0 Å². The fourth-order valence-corrected chi connectivity index (χ4v) is 1.70. The lowest BCUT2D eigenvalue weighted by atomic mass is 10.1. The molecule has 4 heteroatoms. The topological polar surface area (TPSA) is 40.7 Å². The molecule has 0 spiro atoms. The first-order chi connectivity index (χ1) is 7.70. The van der Waals surface area contributed by atoms with Crippen LogP contribution in [0.15, 0.2) is 30.3 Å². The highest BCUT2D eigenvalue weighted by Crippen LogP contribution is 2.22. The zero-order valence-electron chi connectivity index (χ0n) is 9.29. The molecule has 0 aliphatic rings. The summed E-state index contributed by atoms with van der Waals surface area (Å²) in [6.07, 6.45) is 0. The Hall–Kier alpha value is -1.32. The van der Waals surface area contributed by atoms with Gasteiger partial charge in [-0.3, -0.25) is 5.10 Å². The van der Waals surface area contributed by atoms with Crippen LogP contribution < -0.4 is 5.32 Å². The zero-order chi connectivity index (χ0) is 11.5. The number of benzene rings is 1. The third kappa shape index (κ3) is 2.26. The minimum absolute atomic E-state index is 0.264. The van der Waals surface area contributed by atoms with Crippen molar-refractivity contribution in [1.29, 1.82) is 0 Å². The first-order valence-electron chi connectivity index (χ1n) is 5.19. The summed E-state index contributed by atoms with van der Waals surface area (Å²) in [7, 11) is 1.92. The number of rotatable bonds is 3. The summed E-state index contributed by atoms with van der Waals surface area (Å²) in [6, 6.07) is 9.98. The Labute approximate surface area is 99.8 Å². The van der Waals surface area contributed by atoms with Gasteiger partial charge in [0.1, 0.15) is 0 Å². The van der Waals surface area contributed by atoms with Crippen LogP contribution in [0, 0.1) is 0 Å². The Kier molecular flexibility index (Phi) is 3.27. The van der Waals surface area contributed by atoms with Gasteiger partial charge in [-0.05, 0) is 32.2 Å². The van der Waals surface area contributed by atoms with Gasteiger partial charge in [-0.1, -0.05) is 23.7 Å². The number of nitrogens with zero attached hydrogens (tertiary/aromatic N) is 1. The molecule has 84 valence electrons. The zero-order valence-corrected chi connectivity index (χ0v) is 10.0. The lowest BCUT2D eigenvalue weighted by Gasteiger charge is -2.05. The summed E-state index contributed by atoms with van der Waals surface area (Å²) in [5.74, 6) is 0. The molecule has 2 rings (SSSR count). The Bertz CT molecular complexity index is 479. The van der Waals surface area contributed by atoms with E-state index in [2.05, 4.69) is 22.4 Å². The van der Waals surface area contributed by atoms with Gasteiger partial charge in [-0.25, -0.2) is 0 Å². The third-order valence-corrected chi connectivity index (χ3v) is 2.85. The molecule has 1 unspecified atom stereocenters. The van der Waals surface area contributed by atoms with Crippen LogP contribution in [0.2, 0.25) is 5.02 Å². The highest BCUT2D eigenvalue weighted by Gasteiger charge is 2.08. The van der Waals surface area contributed by atoms with Crippen LogP contribution >= 0.6 is 11.6 Å². The van der Waals surface area contributed by atoms with Gasteiger partial charge >= 0.3 is 0 Å². The minimum Gasteiger partial charge on any atom is -0.312 e. The average molecular weight is 236 g/mol. The summed E-state index contributed by atoms with van der Waals surface area (Å²) >= 11 is 5.94. The maximum absolute atomic E-state index is 5.94. The molecule has 0 fully saturated rings. The van der Waals surface area contributed by atoms with E-state index in [9.17, 15) is 0 Å². The van der Waals surface area contributed by atoms with E-state index < -0.39 is 0 Å². The molecule has 0 amide bonds. The first kappa shape index (κ1) is 11.2. The summed E-state index contributed by atoms with van der Waals surface area (Å²) in [4.78, 5) is 0. The highest BCUT2D eigenvalue weighted by molar-refractivity contribution is 6.30. The van der Waals surface area contributed by atoms with Gasteiger partial charge in [-0.15, -0.1) is 0 Å². The molecule has 0 radical (unpaired) electrons. The van der Waals surface area contributed by atoms with Gasteiger partial charge < -0.3 is 5.32 Å². The summed E-state index contributed by atoms with van der Waals surface area (Å²) in [5.41, 5.74) is 3.01. The van der Waals surface area contributed by atoms with E-state index in [0.29, 0.717) is 0 Å². The first-order valence-corrected chi connectivity index (χ1v) is 5.57. The van der Waals surface area contributed by atoms with Crippen molar-refractivity contribution in [3.63, 3.8) is 0 Å². The van der Waals surface area contributed by atoms with E-state index in [1.807, 2.05) is 37.4 Å². The van der Waals surface area contributed by atoms with E-state index in [0.717, 1.165) is 22.0 Å². The van der Waals surface area contributed by atoms with E-state index in [1.165, 1.54) is 0 Å². The number of H-pyrrole nitrogens is 1. The highest BCUT2D eigenvalue weighted by atomic mass is 35.5. The Balaban J connectivity index is 2.31. The monoisotopic (exact) mass is 235 g/mol. The summed E-state index contributed by atoms with van der Waals surface area (Å²) in [5, 5.41) is 11.2. The van der Waals surface area contributed by atoms with E-state index in [1.54, 1.807) is 0 Å². The van der Waals surface area contributed by atoms with Crippen LogP contribution in [-0.2, 0) is 0 Å². The minimum atomic E-state index is 0.264. The standard InChI is InChI=1S/C12H14ClN3/c1-8(14-2)11-7-12(16-15-11)9-4-3-5-10(13)6-9/h3-8,14H,1-2H3,(H,15,16). The van der Waals surface area contributed by atoms with Crippen molar-refractivity contribution in [2.75, 3.05) is 7.05 Å². The fraction of sp³-hybridized carbons (Fsp3) is 0.250. The molecule has 16 heavy (non-hydrogen) atoms. The van der Waals surface area contributed by atoms with Gasteiger partial charge in [0.05, 0.1) is 11.4 Å². The van der Waals surface area contributed by atoms with Gasteiger partial charge in [0.2, 0.25) is 0 Å². The van der Waals surface area contributed by atoms with Crippen LogP contribution in [0.25, 0.3) is 11.3 Å². The maximum atomic E-state index is 5.94. The van der Waals surface area contributed by atoms with E-state index in [-0.39, 0.29) is 6.04 Å². The molecule has 0 saturated carbocycles. The normalized spacial score (nSPS) is 12.7. The predicted molar refractivity (Wildman–Crippen MR) is 66.5 cm³/mol. The molecule has 1 atom stereocenters. The molecular formula is C12H14ClN3. The van der Waals surface area contributed by atoms with Gasteiger partial charge in [0, 0.05) is 16.6 Å². The Morgan fingerprint density at radius 2 is 2.19 bits per heavy atom. The Morgan fingerprint density at radius 3 is 2.88 bits per heavy atom. The molecule has 1 heterocycles. The molecule has 1 aromatic carbocycles. The Morgan fingerprint density at radius 1 is 1.38 bits per heavy atom. The smallest absolute Gasteiger partial charge is 0.0924 e. The molecule has 0 aliphatic carbocycles. The lowest BCUT2D eigenvalue weighted by Crippen LogP contribution is -2.12.